The highest BCUT2D eigenvalue weighted by Crippen LogP contribution is 2.29. The maximum atomic E-state index is 13.3. The van der Waals surface area contributed by atoms with Crippen LogP contribution in [0.2, 0.25) is 5.02 Å². The molecule has 2 rings (SSSR count). The number of halogens is 1. The van der Waals surface area contributed by atoms with Gasteiger partial charge in [0.2, 0.25) is 0 Å². The summed E-state index contributed by atoms with van der Waals surface area (Å²) in [6.07, 6.45) is 7.06. The normalized spacial score (nSPS) is 18.4. The topological polar surface area (TPSA) is 29.1 Å². The van der Waals surface area contributed by atoms with Crippen LogP contribution < -0.4 is 5.32 Å². The predicted molar refractivity (Wildman–Crippen MR) is 107 cm³/mol. The van der Waals surface area contributed by atoms with Gasteiger partial charge in [-0.25, -0.2) is 0 Å². The van der Waals surface area contributed by atoms with Gasteiger partial charge in [-0.3, -0.25) is 4.79 Å². The van der Waals surface area contributed by atoms with E-state index in [1.165, 1.54) is 25.7 Å². The molecule has 0 aromatic heterocycles. The Morgan fingerprint density at radius 2 is 1.68 bits per heavy atom. The third-order valence-corrected chi connectivity index (χ3v) is 6.08. The summed E-state index contributed by atoms with van der Waals surface area (Å²) in [5, 5.41) is 3.98. The quantitative estimate of drug-likeness (QED) is 0.665. The van der Waals surface area contributed by atoms with E-state index in [9.17, 15) is 4.79 Å². The average molecular weight is 366 g/mol. The van der Waals surface area contributed by atoms with E-state index in [1.54, 1.807) is 0 Å². The summed E-state index contributed by atoms with van der Waals surface area (Å²) in [6, 6.07) is 3.90. The van der Waals surface area contributed by atoms with Gasteiger partial charge in [-0.2, -0.15) is 0 Å². The van der Waals surface area contributed by atoms with Gasteiger partial charge in [-0.05, 0) is 76.1 Å². The first-order valence-corrected chi connectivity index (χ1v) is 10.2. The smallest absolute Gasteiger partial charge is 0.282 e. The van der Waals surface area contributed by atoms with E-state index in [1.807, 2.05) is 26.0 Å². The minimum absolute atomic E-state index is 0.0441. The second-order valence-electron chi connectivity index (χ2n) is 7.60. The molecule has 25 heavy (non-hydrogen) atoms. The largest absolute Gasteiger partial charge is 0.320 e. The zero-order valence-corrected chi connectivity index (χ0v) is 17.1. The molecule has 1 heterocycles. The number of anilines is 1. The van der Waals surface area contributed by atoms with Gasteiger partial charge in [0.05, 0.1) is 19.6 Å². The molecule has 3 nitrogen and oxygen atoms in total. The van der Waals surface area contributed by atoms with Crippen LogP contribution in [0.25, 0.3) is 0 Å². The highest BCUT2D eigenvalue weighted by molar-refractivity contribution is 6.30. The van der Waals surface area contributed by atoms with Crippen LogP contribution in [0.5, 0.6) is 0 Å². The number of likely N-dealkylation sites (N-methyl/N-ethyl adjacent to an activating group) is 1. The van der Waals surface area contributed by atoms with Crippen LogP contribution in [0.3, 0.4) is 0 Å². The molecule has 0 aliphatic carbocycles. The van der Waals surface area contributed by atoms with Crippen molar-refractivity contribution < 1.29 is 9.28 Å². The van der Waals surface area contributed by atoms with Gasteiger partial charge < -0.3 is 9.80 Å². The van der Waals surface area contributed by atoms with Crippen LogP contribution in [0.4, 0.5) is 5.69 Å². The Labute approximate surface area is 158 Å². The van der Waals surface area contributed by atoms with Crippen molar-refractivity contribution in [1.29, 1.82) is 0 Å². The van der Waals surface area contributed by atoms with Crippen molar-refractivity contribution in [3.63, 3.8) is 0 Å². The lowest BCUT2D eigenvalue weighted by atomic mass is 10.0. The Balaban J connectivity index is 2.28. The molecule has 1 fully saturated rings. The summed E-state index contributed by atoms with van der Waals surface area (Å²) in [4.78, 5) is 13.3. The number of hydrogen-bond acceptors (Lipinski definition) is 1. The van der Waals surface area contributed by atoms with E-state index < -0.39 is 0 Å². The fourth-order valence-corrected chi connectivity index (χ4v) is 4.74. The molecule has 1 aromatic carbocycles. The minimum Gasteiger partial charge on any atom is -0.320 e. The van der Waals surface area contributed by atoms with E-state index in [-0.39, 0.29) is 11.9 Å². The number of carbonyl (C=O) groups is 1. The summed E-state index contributed by atoms with van der Waals surface area (Å²) in [7, 11) is 0. The number of aryl methyl sites for hydroxylation is 2. The third kappa shape index (κ3) is 4.77. The monoisotopic (exact) mass is 365 g/mol. The van der Waals surface area contributed by atoms with Crippen molar-refractivity contribution in [1.82, 2.24) is 0 Å². The summed E-state index contributed by atoms with van der Waals surface area (Å²) >= 11 is 6.14. The third-order valence-electron chi connectivity index (χ3n) is 5.86. The van der Waals surface area contributed by atoms with E-state index in [4.69, 9.17) is 11.6 Å². The number of quaternary nitrogens is 1. The zero-order valence-electron chi connectivity index (χ0n) is 16.3. The highest BCUT2D eigenvalue weighted by atomic mass is 35.5. The Kier molecular flexibility index (Phi) is 7.33. The molecule has 1 amide bonds. The zero-order chi connectivity index (χ0) is 18.4. The van der Waals surface area contributed by atoms with Gasteiger partial charge in [0.15, 0.2) is 6.04 Å². The molecule has 0 saturated carbocycles. The van der Waals surface area contributed by atoms with Crippen LogP contribution in [0.15, 0.2) is 12.1 Å². The highest BCUT2D eigenvalue weighted by Gasteiger charge is 2.40. The molecule has 1 N–H and O–H groups in total. The summed E-state index contributed by atoms with van der Waals surface area (Å²) in [5.41, 5.74) is 3.00. The summed E-state index contributed by atoms with van der Waals surface area (Å²) < 4.78 is 0.950. The number of nitrogens with one attached hydrogen (secondary N) is 1. The Hall–Kier alpha value is -1.06. The number of amides is 1. The molecular formula is C21H34ClN2O+. The fraction of sp³-hybridized carbons (Fsp3) is 0.667. The molecule has 1 aliphatic rings. The molecule has 1 saturated heterocycles. The van der Waals surface area contributed by atoms with Gasteiger partial charge >= 0.3 is 0 Å². The summed E-state index contributed by atoms with van der Waals surface area (Å²) in [6.45, 7) is 11.8. The first-order valence-electron chi connectivity index (χ1n) is 9.87. The molecule has 4 heteroatoms. The molecular weight excluding hydrogens is 332 g/mol. The van der Waals surface area contributed by atoms with E-state index >= 15 is 0 Å². The van der Waals surface area contributed by atoms with Crippen molar-refractivity contribution >= 4 is 23.2 Å². The maximum absolute atomic E-state index is 13.3. The van der Waals surface area contributed by atoms with Crippen LogP contribution in [-0.4, -0.2) is 36.1 Å². The molecule has 1 atom stereocenters. The van der Waals surface area contributed by atoms with Crippen molar-refractivity contribution in [2.24, 2.45) is 0 Å². The number of benzene rings is 1. The molecule has 0 spiro atoms. The number of nitrogens with zero attached hydrogens (tertiary/aromatic N) is 1. The van der Waals surface area contributed by atoms with Gasteiger partial charge in [-0.1, -0.05) is 18.5 Å². The minimum atomic E-state index is 0.0441. The molecule has 1 unspecified atom stereocenters. The van der Waals surface area contributed by atoms with E-state index in [0.717, 1.165) is 58.8 Å². The summed E-state index contributed by atoms with van der Waals surface area (Å²) in [5.74, 6) is 0.180. The van der Waals surface area contributed by atoms with Crippen LogP contribution >= 0.6 is 11.6 Å². The maximum Gasteiger partial charge on any atom is 0.282 e. The van der Waals surface area contributed by atoms with Crippen molar-refractivity contribution in [2.75, 3.05) is 25.0 Å². The lowest BCUT2D eigenvalue weighted by Crippen LogP contribution is -2.60. The van der Waals surface area contributed by atoms with Crippen molar-refractivity contribution in [3.8, 4) is 0 Å². The van der Waals surface area contributed by atoms with Crippen LogP contribution in [0.1, 0.15) is 63.5 Å². The average Bonchev–Trinajstić information content (AvgIpc) is 2.82. The van der Waals surface area contributed by atoms with Crippen molar-refractivity contribution in [3.05, 3.63) is 28.3 Å². The molecule has 0 bridgehead atoms. The predicted octanol–water partition coefficient (Wildman–Crippen LogP) is 5.47. The number of likely N-dealkylation sites (tertiary alicyclic amines) is 1. The molecule has 140 valence electrons. The van der Waals surface area contributed by atoms with E-state index in [0.29, 0.717) is 0 Å². The first-order chi connectivity index (χ1) is 11.9. The van der Waals surface area contributed by atoms with Gasteiger partial charge in [0, 0.05) is 17.1 Å². The standard InChI is InChI=1S/C21H33ClN2O/c1-5-11-19(24(6-2)12-9-7-8-10-13-24)21(25)23-20-16(3)14-18(22)15-17(20)4/h14-15,19H,5-13H2,1-4H3/p+1. The molecule has 1 aromatic rings. The first kappa shape index (κ1) is 20.3. The van der Waals surface area contributed by atoms with Crippen LogP contribution in [0, 0.1) is 13.8 Å². The Bertz CT molecular complexity index is 569. The van der Waals surface area contributed by atoms with Crippen LogP contribution in [-0.2, 0) is 4.79 Å². The lowest BCUT2D eigenvalue weighted by molar-refractivity contribution is -0.940. The van der Waals surface area contributed by atoms with E-state index in [2.05, 4.69) is 19.2 Å². The Morgan fingerprint density at radius 1 is 1.12 bits per heavy atom. The van der Waals surface area contributed by atoms with Gasteiger partial charge in [0.25, 0.3) is 5.91 Å². The number of carbonyl (C=O) groups excluding carboxylic acids is 1. The fourth-order valence-electron chi connectivity index (χ4n) is 4.41. The van der Waals surface area contributed by atoms with Crippen molar-refractivity contribution in [2.45, 2.75) is 72.3 Å². The number of rotatable bonds is 6. The second kappa shape index (κ2) is 9.05. The van der Waals surface area contributed by atoms with Gasteiger partial charge in [0.1, 0.15) is 0 Å². The molecule has 1 aliphatic heterocycles. The Morgan fingerprint density at radius 3 is 2.16 bits per heavy atom. The lowest BCUT2D eigenvalue weighted by Gasteiger charge is -2.43. The second-order valence-corrected chi connectivity index (χ2v) is 8.04. The number of hydrogen-bond donors (Lipinski definition) is 1. The SMILES string of the molecule is CCCC(C(=O)Nc1c(C)cc(Cl)cc1C)[N+]1(CC)CCCCCC1. The molecule has 0 radical (unpaired) electrons. The van der Waals surface area contributed by atoms with Gasteiger partial charge in [-0.15, -0.1) is 0 Å².